The van der Waals surface area contributed by atoms with Gasteiger partial charge in [0.1, 0.15) is 6.54 Å². The van der Waals surface area contributed by atoms with E-state index in [9.17, 15) is 14.4 Å². The average Bonchev–Trinajstić information content (AvgIpc) is 2.97. The van der Waals surface area contributed by atoms with Crippen LogP contribution in [0.1, 0.15) is 48.2 Å². The van der Waals surface area contributed by atoms with E-state index in [2.05, 4.69) is 10.6 Å². The Morgan fingerprint density at radius 3 is 2.57 bits per heavy atom. The maximum absolute atomic E-state index is 11.8. The van der Waals surface area contributed by atoms with Crippen LogP contribution in [0.3, 0.4) is 0 Å². The highest BCUT2D eigenvalue weighted by molar-refractivity contribution is 7.12. The molecule has 0 unspecified atom stereocenters. The molecular formula is C16H22N2O4S. The summed E-state index contributed by atoms with van der Waals surface area (Å²) in [4.78, 5) is 35.5. The minimum atomic E-state index is -0.620. The molecule has 0 aliphatic heterocycles. The Morgan fingerprint density at radius 2 is 1.91 bits per heavy atom. The van der Waals surface area contributed by atoms with Crippen LogP contribution < -0.4 is 10.6 Å². The number of thiophene rings is 1. The van der Waals surface area contributed by atoms with Crippen LogP contribution >= 0.6 is 11.3 Å². The highest BCUT2D eigenvalue weighted by Gasteiger charge is 2.16. The van der Waals surface area contributed by atoms with Crippen LogP contribution in [0, 0.1) is 0 Å². The fourth-order valence-corrected chi connectivity index (χ4v) is 3.18. The van der Waals surface area contributed by atoms with Crippen molar-refractivity contribution in [3.8, 4) is 0 Å². The van der Waals surface area contributed by atoms with Crippen LogP contribution in [-0.2, 0) is 14.3 Å². The molecule has 2 rings (SSSR count). The third kappa shape index (κ3) is 6.40. The fraction of sp³-hybridized carbons (Fsp3) is 0.562. The van der Waals surface area contributed by atoms with Crippen molar-refractivity contribution in [1.29, 1.82) is 0 Å². The van der Waals surface area contributed by atoms with Gasteiger partial charge in [0.05, 0.1) is 4.88 Å². The Labute approximate surface area is 139 Å². The van der Waals surface area contributed by atoms with Crippen LogP contribution in [0.15, 0.2) is 17.5 Å². The molecule has 1 aliphatic rings. The Morgan fingerprint density at radius 1 is 1.17 bits per heavy atom. The molecule has 23 heavy (non-hydrogen) atoms. The van der Waals surface area contributed by atoms with E-state index in [-0.39, 0.29) is 31.0 Å². The summed E-state index contributed by atoms with van der Waals surface area (Å²) in [6, 6.07) is 3.61. The van der Waals surface area contributed by atoms with Gasteiger partial charge in [0.25, 0.3) is 11.8 Å². The summed E-state index contributed by atoms with van der Waals surface area (Å²) in [5.74, 6) is -1.22. The first-order valence-corrected chi connectivity index (χ1v) is 8.80. The topological polar surface area (TPSA) is 84.5 Å². The summed E-state index contributed by atoms with van der Waals surface area (Å²) < 4.78 is 4.88. The van der Waals surface area contributed by atoms with E-state index in [1.165, 1.54) is 24.2 Å². The quantitative estimate of drug-likeness (QED) is 0.612. The molecule has 2 amide bonds. The van der Waals surface area contributed by atoms with E-state index in [1.807, 2.05) is 0 Å². The number of esters is 1. The molecule has 0 spiro atoms. The summed E-state index contributed by atoms with van der Waals surface area (Å²) >= 11 is 1.29. The number of carbonyl (C=O) groups is 3. The largest absolute Gasteiger partial charge is 0.454 e. The van der Waals surface area contributed by atoms with Gasteiger partial charge < -0.3 is 15.4 Å². The van der Waals surface area contributed by atoms with E-state index < -0.39 is 5.97 Å². The zero-order chi connectivity index (χ0) is 16.5. The van der Waals surface area contributed by atoms with E-state index in [0.29, 0.717) is 4.88 Å². The van der Waals surface area contributed by atoms with Gasteiger partial charge in [-0.05, 0) is 24.3 Å². The van der Waals surface area contributed by atoms with Crippen molar-refractivity contribution in [3.05, 3.63) is 22.4 Å². The van der Waals surface area contributed by atoms with Gasteiger partial charge in [0.2, 0.25) is 0 Å². The van der Waals surface area contributed by atoms with Crippen LogP contribution in [0.25, 0.3) is 0 Å². The fourth-order valence-electron chi connectivity index (χ4n) is 2.54. The molecule has 126 valence electrons. The number of hydrogen-bond acceptors (Lipinski definition) is 5. The second-order valence-electron chi connectivity index (χ2n) is 5.58. The second kappa shape index (κ2) is 9.29. The lowest BCUT2D eigenvalue weighted by Crippen LogP contribution is -2.38. The number of nitrogens with one attached hydrogen (secondary N) is 2. The SMILES string of the molecule is O=C(COC(=O)CNC(=O)c1cccs1)NC1CCCCCC1. The smallest absolute Gasteiger partial charge is 0.325 e. The number of ether oxygens (including phenoxy) is 1. The Hall–Kier alpha value is -1.89. The molecule has 1 aromatic rings. The first kappa shape index (κ1) is 17.5. The summed E-state index contributed by atoms with van der Waals surface area (Å²) in [6.07, 6.45) is 6.64. The van der Waals surface area contributed by atoms with E-state index >= 15 is 0 Å². The summed E-state index contributed by atoms with van der Waals surface area (Å²) in [5.41, 5.74) is 0. The van der Waals surface area contributed by atoms with Gasteiger partial charge in [-0.25, -0.2) is 0 Å². The van der Waals surface area contributed by atoms with E-state index in [1.54, 1.807) is 17.5 Å². The summed E-state index contributed by atoms with van der Waals surface area (Å²) in [5, 5.41) is 7.15. The number of rotatable bonds is 6. The van der Waals surface area contributed by atoms with Crippen LogP contribution in [-0.4, -0.2) is 37.0 Å². The molecule has 0 radical (unpaired) electrons. The summed E-state index contributed by atoms with van der Waals surface area (Å²) in [7, 11) is 0. The van der Waals surface area contributed by atoms with Gasteiger partial charge in [-0.1, -0.05) is 31.7 Å². The van der Waals surface area contributed by atoms with Gasteiger partial charge in [-0.15, -0.1) is 11.3 Å². The minimum Gasteiger partial charge on any atom is -0.454 e. The molecule has 0 aromatic carbocycles. The molecule has 1 aliphatic carbocycles. The molecule has 1 saturated carbocycles. The van der Waals surface area contributed by atoms with Crippen LogP contribution in [0.4, 0.5) is 0 Å². The van der Waals surface area contributed by atoms with Crippen molar-refractivity contribution < 1.29 is 19.1 Å². The van der Waals surface area contributed by atoms with Crippen LogP contribution in [0.5, 0.6) is 0 Å². The first-order valence-electron chi connectivity index (χ1n) is 7.92. The zero-order valence-corrected chi connectivity index (χ0v) is 13.8. The Balaban J connectivity index is 1.61. The van der Waals surface area contributed by atoms with Crippen molar-refractivity contribution >= 4 is 29.1 Å². The van der Waals surface area contributed by atoms with E-state index in [4.69, 9.17) is 4.74 Å². The van der Waals surface area contributed by atoms with Gasteiger partial charge >= 0.3 is 5.97 Å². The lowest BCUT2D eigenvalue weighted by atomic mass is 10.1. The van der Waals surface area contributed by atoms with Crippen molar-refractivity contribution in [2.45, 2.75) is 44.6 Å². The van der Waals surface area contributed by atoms with Gasteiger partial charge in [0, 0.05) is 6.04 Å². The van der Waals surface area contributed by atoms with Gasteiger partial charge in [-0.3, -0.25) is 14.4 Å². The minimum absolute atomic E-state index is 0.183. The lowest BCUT2D eigenvalue weighted by molar-refractivity contribution is -0.147. The molecule has 6 nitrogen and oxygen atoms in total. The predicted octanol–water partition coefficient (Wildman–Crippen LogP) is 1.86. The molecule has 1 aromatic heterocycles. The predicted molar refractivity (Wildman–Crippen MR) is 87.2 cm³/mol. The Kier molecular flexibility index (Phi) is 7.06. The average molecular weight is 338 g/mol. The maximum atomic E-state index is 11.8. The van der Waals surface area contributed by atoms with Gasteiger partial charge in [-0.2, -0.15) is 0 Å². The van der Waals surface area contributed by atoms with Crippen molar-refractivity contribution in [1.82, 2.24) is 10.6 Å². The molecule has 2 N–H and O–H groups in total. The van der Waals surface area contributed by atoms with Crippen LogP contribution in [0.2, 0.25) is 0 Å². The first-order chi connectivity index (χ1) is 11.1. The van der Waals surface area contributed by atoms with E-state index in [0.717, 1.165) is 25.7 Å². The normalized spacial score (nSPS) is 15.5. The van der Waals surface area contributed by atoms with Crippen molar-refractivity contribution in [3.63, 3.8) is 0 Å². The van der Waals surface area contributed by atoms with Crippen molar-refractivity contribution in [2.75, 3.05) is 13.2 Å². The maximum Gasteiger partial charge on any atom is 0.325 e. The number of hydrogen-bond donors (Lipinski definition) is 2. The number of carbonyl (C=O) groups excluding carboxylic acids is 3. The van der Waals surface area contributed by atoms with Crippen molar-refractivity contribution in [2.24, 2.45) is 0 Å². The second-order valence-corrected chi connectivity index (χ2v) is 6.52. The molecular weight excluding hydrogens is 316 g/mol. The van der Waals surface area contributed by atoms with Gasteiger partial charge in [0.15, 0.2) is 6.61 Å². The molecule has 0 atom stereocenters. The third-order valence-corrected chi connectivity index (χ3v) is 4.59. The number of amides is 2. The molecule has 0 bridgehead atoms. The highest BCUT2D eigenvalue weighted by Crippen LogP contribution is 2.17. The summed E-state index contributed by atoms with van der Waals surface area (Å²) in [6.45, 7) is -0.544. The molecule has 1 fully saturated rings. The highest BCUT2D eigenvalue weighted by atomic mass is 32.1. The zero-order valence-electron chi connectivity index (χ0n) is 13.0. The monoisotopic (exact) mass is 338 g/mol. The lowest BCUT2D eigenvalue weighted by Gasteiger charge is -2.16. The molecule has 7 heteroatoms. The molecule has 0 saturated heterocycles. The Bertz CT molecular complexity index is 522. The standard InChI is InChI=1S/C16H22N2O4S/c19-14(18-12-6-3-1-2-4-7-12)11-22-15(20)10-17-16(21)13-8-5-9-23-13/h5,8-9,12H,1-4,6-7,10-11H2,(H,17,21)(H,18,19). The third-order valence-electron chi connectivity index (χ3n) is 3.72. The molecule has 1 heterocycles.